The zero-order valence-electron chi connectivity index (χ0n) is 12.8. The number of rotatable bonds is 7. The van der Waals surface area contributed by atoms with Crippen LogP contribution < -0.4 is 10.6 Å². The number of aromatic nitrogens is 3. The van der Waals surface area contributed by atoms with Gasteiger partial charge in [-0.3, -0.25) is 4.79 Å². The summed E-state index contributed by atoms with van der Waals surface area (Å²) in [6.45, 7) is 4.83. The lowest BCUT2D eigenvalue weighted by Gasteiger charge is -2.03. The van der Waals surface area contributed by atoms with Crippen molar-refractivity contribution in [3.05, 3.63) is 28.5 Å². The molecule has 0 aliphatic rings. The van der Waals surface area contributed by atoms with E-state index < -0.39 is 0 Å². The zero-order chi connectivity index (χ0) is 15.9. The van der Waals surface area contributed by atoms with Gasteiger partial charge in [-0.1, -0.05) is 0 Å². The van der Waals surface area contributed by atoms with Crippen LogP contribution in [0.5, 0.6) is 0 Å². The minimum Gasteiger partial charge on any atom is -0.383 e. The minimum absolute atomic E-state index is 0.0726. The van der Waals surface area contributed by atoms with Crippen molar-refractivity contribution < 1.29 is 9.53 Å². The summed E-state index contributed by atoms with van der Waals surface area (Å²) in [6.07, 6.45) is 0.246. The van der Waals surface area contributed by atoms with Gasteiger partial charge in [0.25, 0.3) is 0 Å². The molecule has 0 bridgehead atoms. The van der Waals surface area contributed by atoms with Crippen LogP contribution >= 0.6 is 11.3 Å². The molecule has 0 unspecified atom stereocenters. The van der Waals surface area contributed by atoms with Crippen molar-refractivity contribution in [2.75, 3.05) is 25.6 Å². The fourth-order valence-electron chi connectivity index (χ4n) is 1.84. The number of nitrogens with one attached hydrogen (secondary N) is 2. The Kier molecular flexibility index (Phi) is 5.79. The van der Waals surface area contributed by atoms with Gasteiger partial charge in [0.2, 0.25) is 11.9 Å². The molecule has 0 atom stereocenters. The first-order valence-corrected chi connectivity index (χ1v) is 7.74. The van der Waals surface area contributed by atoms with Crippen LogP contribution in [-0.2, 0) is 16.0 Å². The first kappa shape index (κ1) is 16.3. The Balaban J connectivity index is 1.92. The third-order valence-electron chi connectivity index (χ3n) is 2.72. The van der Waals surface area contributed by atoms with E-state index in [1.807, 2.05) is 25.3 Å². The van der Waals surface area contributed by atoms with Crippen LogP contribution in [0.1, 0.15) is 17.1 Å². The Morgan fingerprint density at radius 1 is 1.27 bits per heavy atom. The third-order valence-corrected chi connectivity index (χ3v) is 3.53. The molecular formula is C14H19N5O2S. The van der Waals surface area contributed by atoms with Crippen molar-refractivity contribution in [3.8, 4) is 0 Å². The zero-order valence-corrected chi connectivity index (χ0v) is 13.7. The lowest BCUT2D eigenvalue weighted by atomic mass is 10.3. The average molecular weight is 321 g/mol. The second kappa shape index (κ2) is 7.81. The van der Waals surface area contributed by atoms with Gasteiger partial charge < -0.3 is 15.4 Å². The predicted molar refractivity (Wildman–Crippen MR) is 85.5 cm³/mol. The van der Waals surface area contributed by atoms with Gasteiger partial charge in [0.1, 0.15) is 0 Å². The number of hydrogen-bond donors (Lipinski definition) is 2. The Bertz CT molecular complexity index is 624. The number of anilines is 2. The molecule has 2 aromatic heterocycles. The molecule has 0 saturated heterocycles. The number of methoxy groups -OCH3 is 1. The van der Waals surface area contributed by atoms with Gasteiger partial charge >= 0.3 is 0 Å². The van der Waals surface area contributed by atoms with Crippen LogP contribution in [0.15, 0.2) is 11.4 Å². The molecule has 118 valence electrons. The number of amides is 1. The highest BCUT2D eigenvalue weighted by Crippen LogP contribution is 2.19. The molecule has 0 aliphatic heterocycles. The summed E-state index contributed by atoms with van der Waals surface area (Å²) >= 11 is 1.42. The van der Waals surface area contributed by atoms with Crippen LogP contribution in [0.2, 0.25) is 0 Å². The van der Waals surface area contributed by atoms with Crippen molar-refractivity contribution in [1.82, 2.24) is 20.3 Å². The summed E-state index contributed by atoms with van der Waals surface area (Å²) in [5.74, 6) is 0.444. The summed E-state index contributed by atoms with van der Waals surface area (Å²) in [7, 11) is 1.60. The first-order valence-electron chi connectivity index (χ1n) is 6.86. The predicted octanol–water partition coefficient (Wildman–Crippen LogP) is 1.60. The Morgan fingerprint density at radius 3 is 2.68 bits per heavy atom. The molecule has 0 saturated carbocycles. The monoisotopic (exact) mass is 321 g/mol. The lowest BCUT2D eigenvalue weighted by molar-refractivity contribution is -0.120. The number of carbonyl (C=O) groups excluding carboxylic acids is 1. The largest absolute Gasteiger partial charge is 0.383 e. The molecular weight excluding hydrogens is 302 g/mol. The van der Waals surface area contributed by atoms with Crippen molar-refractivity contribution >= 4 is 28.3 Å². The molecule has 22 heavy (non-hydrogen) atoms. The molecule has 0 aromatic carbocycles. The van der Waals surface area contributed by atoms with E-state index in [1.165, 1.54) is 11.3 Å². The van der Waals surface area contributed by atoms with Crippen LogP contribution in [-0.4, -0.2) is 41.1 Å². The molecule has 0 fully saturated rings. The van der Waals surface area contributed by atoms with Gasteiger partial charge in [-0.2, -0.15) is 0 Å². The van der Waals surface area contributed by atoms with Gasteiger partial charge in [0.15, 0.2) is 5.13 Å². The number of nitrogens with zero attached hydrogens (tertiary/aromatic N) is 3. The lowest BCUT2D eigenvalue weighted by Crippen LogP contribution is -2.28. The summed E-state index contributed by atoms with van der Waals surface area (Å²) in [4.78, 5) is 24.7. The van der Waals surface area contributed by atoms with Crippen LogP contribution in [0.3, 0.4) is 0 Å². The highest BCUT2D eigenvalue weighted by atomic mass is 32.1. The maximum Gasteiger partial charge on any atom is 0.229 e. The molecule has 2 rings (SSSR count). The highest BCUT2D eigenvalue weighted by Gasteiger charge is 2.09. The van der Waals surface area contributed by atoms with E-state index in [-0.39, 0.29) is 12.3 Å². The number of thiazole rings is 1. The fraction of sp³-hybridized carbons (Fsp3) is 0.429. The molecule has 2 aromatic rings. The van der Waals surface area contributed by atoms with E-state index in [1.54, 1.807) is 7.11 Å². The van der Waals surface area contributed by atoms with Crippen molar-refractivity contribution in [2.24, 2.45) is 0 Å². The van der Waals surface area contributed by atoms with Gasteiger partial charge in [-0.05, 0) is 19.9 Å². The topological polar surface area (TPSA) is 89.0 Å². The van der Waals surface area contributed by atoms with Crippen molar-refractivity contribution in [1.29, 1.82) is 0 Å². The van der Waals surface area contributed by atoms with E-state index in [4.69, 9.17) is 4.74 Å². The summed E-state index contributed by atoms with van der Waals surface area (Å²) in [6, 6.07) is 1.91. The maximum absolute atomic E-state index is 11.7. The SMILES string of the molecule is COCCNC(=O)Cc1csc(Nc2nc(C)cc(C)n2)n1. The molecule has 2 heterocycles. The van der Waals surface area contributed by atoms with Gasteiger partial charge in [0.05, 0.1) is 18.7 Å². The van der Waals surface area contributed by atoms with Crippen molar-refractivity contribution in [3.63, 3.8) is 0 Å². The summed E-state index contributed by atoms with van der Waals surface area (Å²) < 4.78 is 4.88. The molecule has 2 N–H and O–H groups in total. The maximum atomic E-state index is 11.7. The van der Waals surface area contributed by atoms with Crippen molar-refractivity contribution in [2.45, 2.75) is 20.3 Å². The molecule has 0 aliphatic carbocycles. The van der Waals surface area contributed by atoms with Crippen LogP contribution in [0.4, 0.5) is 11.1 Å². The van der Waals surface area contributed by atoms with E-state index in [0.29, 0.717) is 29.9 Å². The van der Waals surface area contributed by atoms with E-state index in [2.05, 4.69) is 25.6 Å². The summed E-state index contributed by atoms with van der Waals surface area (Å²) in [5, 5.41) is 8.35. The molecule has 1 amide bonds. The van der Waals surface area contributed by atoms with Gasteiger partial charge in [-0.25, -0.2) is 15.0 Å². The van der Waals surface area contributed by atoms with Crippen LogP contribution in [0, 0.1) is 13.8 Å². The smallest absolute Gasteiger partial charge is 0.229 e. The quantitative estimate of drug-likeness (QED) is 0.753. The number of ether oxygens (including phenoxy) is 1. The Labute approximate surface area is 133 Å². The average Bonchev–Trinajstić information content (AvgIpc) is 2.85. The second-order valence-corrected chi connectivity index (χ2v) is 5.62. The summed E-state index contributed by atoms with van der Waals surface area (Å²) in [5.41, 5.74) is 2.50. The number of aryl methyl sites for hydroxylation is 2. The molecule has 0 radical (unpaired) electrons. The molecule has 8 heteroatoms. The number of hydrogen-bond acceptors (Lipinski definition) is 7. The van der Waals surface area contributed by atoms with E-state index in [9.17, 15) is 4.79 Å². The van der Waals surface area contributed by atoms with E-state index >= 15 is 0 Å². The third kappa shape index (κ3) is 5.05. The standard InChI is InChI=1S/C14H19N5O2S/c1-9-6-10(2)17-13(16-9)19-14-18-11(8-22-14)7-12(20)15-4-5-21-3/h6,8H,4-5,7H2,1-3H3,(H,15,20)(H,16,17,18,19). The van der Waals surface area contributed by atoms with Crippen LogP contribution in [0.25, 0.3) is 0 Å². The Hall–Kier alpha value is -2.06. The second-order valence-electron chi connectivity index (χ2n) is 4.76. The molecule has 7 nitrogen and oxygen atoms in total. The van der Waals surface area contributed by atoms with Gasteiger partial charge in [0, 0.05) is 30.4 Å². The van der Waals surface area contributed by atoms with Gasteiger partial charge in [-0.15, -0.1) is 11.3 Å². The van der Waals surface area contributed by atoms with E-state index in [0.717, 1.165) is 11.4 Å². The highest BCUT2D eigenvalue weighted by molar-refractivity contribution is 7.13. The first-order chi connectivity index (χ1) is 10.6. The molecule has 0 spiro atoms. The normalized spacial score (nSPS) is 10.5. The Morgan fingerprint density at radius 2 is 2.00 bits per heavy atom. The fourth-order valence-corrected chi connectivity index (χ4v) is 2.55. The number of carbonyl (C=O) groups is 1. The minimum atomic E-state index is -0.0726.